The summed E-state index contributed by atoms with van der Waals surface area (Å²) in [6.45, 7) is 5.24. The fourth-order valence-corrected chi connectivity index (χ4v) is 2.72. The average molecular weight is 363 g/mol. The third-order valence-electron chi connectivity index (χ3n) is 4.53. The van der Waals surface area contributed by atoms with Gasteiger partial charge >= 0.3 is 11.9 Å². The SMILES string of the molecule is CCCCC(CC)COC(=O)CCCCC(=O)OCCc1ccccc1. The van der Waals surface area contributed by atoms with Gasteiger partial charge in [-0.05, 0) is 30.7 Å². The minimum Gasteiger partial charge on any atom is -0.465 e. The zero-order chi connectivity index (χ0) is 19.0. The number of carbonyl (C=O) groups excluding carboxylic acids is 2. The fraction of sp³-hybridized carbons (Fsp3) is 0.636. The Labute approximate surface area is 158 Å². The Morgan fingerprint density at radius 3 is 2.19 bits per heavy atom. The van der Waals surface area contributed by atoms with Gasteiger partial charge < -0.3 is 9.47 Å². The van der Waals surface area contributed by atoms with Gasteiger partial charge in [0.05, 0.1) is 13.2 Å². The topological polar surface area (TPSA) is 52.6 Å². The van der Waals surface area contributed by atoms with Gasteiger partial charge in [0.25, 0.3) is 0 Å². The van der Waals surface area contributed by atoms with E-state index >= 15 is 0 Å². The summed E-state index contributed by atoms with van der Waals surface area (Å²) >= 11 is 0. The van der Waals surface area contributed by atoms with Crippen LogP contribution in [0, 0.1) is 5.92 Å². The lowest BCUT2D eigenvalue weighted by atomic mass is 10.0. The quantitative estimate of drug-likeness (QED) is 0.341. The molecule has 0 aliphatic rings. The van der Waals surface area contributed by atoms with Crippen LogP contribution in [-0.2, 0) is 25.5 Å². The Hall–Kier alpha value is -1.84. The molecule has 4 heteroatoms. The molecular weight excluding hydrogens is 328 g/mol. The first-order valence-electron chi connectivity index (χ1n) is 10.0. The van der Waals surface area contributed by atoms with E-state index in [1.54, 1.807) is 0 Å². The van der Waals surface area contributed by atoms with Crippen LogP contribution in [0.25, 0.3) is 0 Å². The van der Waals surface area contributed by atoms with Gasteiger partial charge in [0.1, 0.15) is 0 Å². The summed E-state index contributed by atoms with van der Waals surface area (Å²) < 4.78 is 10.6. The fourth-order valence-electron chi connectivity index (χ4n) is 2.72. The molecule has 0 aliphatic heterocycles. The average Bonchev–Trinajstić information content (AvgIpc) is 2.66. The minimum absolute atomic E-state index is 0.155. The van der Waals surface area contributed by atoms with Crippen molar-refractivity contribution in [3.05, 3.63) is 35.9 Å². The van der Waals surface area contributed by atoms with E-state index in [1.165, 1.54) is 12.8 Å². The monoisotopic (exact) mass is 362 g/mol. The smallest absolute Gasteiger partial charge is 0.305 e. The van der Waals surface area contributed by atoms with Crippen molar-refractivity contribution in [1.29, 1.82) is 0 Å². The van der Waals surface area contributed by atoms with Gasteiger partial charge in [0.2, 0.25) is 0 Å². The summed E-state index contributed by atoms with van der Waals surface area (Å²) in [6, 6.07) is 9.95. The summed E-state index contributed by atoms with van der Waals surface area (Å²) in [5.41, 5.74) is 1.16. The predicted molar refractivity (Wildman–Crippen MR) is 104 cm³/mol. The van der Waals surface area contributed by atoms with Crippen LogP contribution < -0.4 is 0 Å². The second kappa shape index (κ2) is 14.3. The van der Waals surface area contributed by atoms with Crippen molar-refractivity contribution in [2.75, 3.05) is 13.2 Å². The van der Waals surface area contributed by atoms with Crippen LogP contribution in [0.2, 0.25) is 0 Å². The lowest BCUT2D eigenvalue weighted by Crippen LogP contribution is -2.14. The van der Waals surface area contributed by atoms with E-state index in [0.29, 0.717) is 44.8 Å². The maximum absolute atomic E-state index is 11.8. The van der Waals surface area contributed by atoms with E-state index in [4.69, 9.17) is 9.47 Å². The van der Waals surface area contributed by atoms with Crippen LogP contribution in [0.15, 0.2) is 30.3 Å². The first kappa shape index (κ1) is 22.2. The molecule has 0 bridgehead atoms. The Balaban J connectivity index is 2.02. The minimum atomic E-state index is -0.195. The molecule has 0 saturated carbocycles. The molecule has 0 N–H and O–H groups in total. The molecule has 0 aromatic heterocycles. The van der Waals surface area contributed by atoms with Crippen molar-refractivity contribution in [1.82, 2.24) is 0 Å². The molecule has 0 amide bonds. The molecule has 0 heterocycles. The molecule has 4 nitrogen and oxygen atoms in total. The third-order valence-corrected chi connectivity index (χ3v) is 4.53. The molecule has 0 fully saturated rings. The first-order chi connectivity index (χ1) is 12.7. The van der Waals surface area contributed by atoms with Crippen molar-refractivity contribution in [3.63, 3.8) is 0 Å². The number of esters is 2. The molecule has 0 spiro atoms. The highest BCUT2D eigenvalue weighted by Crippen LogP contribution is 2.13. The van der Waals surface area contributed by atoms with E-state index in [2.05, 4.69) is 13.8 Å². The maximum Gasteiger partial charge on any atom is 0.305 e. The van der Waals surface area contributed by atoms with Crippen LogP contribution >= 0.6 is 0 Å². The van der Waals surface area contributed by atoms with E-state index in [0.717, 1.165) is 24.8 Å². The summed E-state index contributed by atoms with van der Waals surface area (Å²) in [6.07, 6.45) is 7.31. The van der Waals surface area contributed by atoms with Crippen LogP contribution in [0.5, 0.6) is 0 Å². The van der Waals surface area contributed by atoms with Gasteiger partial charge in [-0.15, -0.1) is 0 Å². The van der Waals surface area contributed by atoms with Crippen LogP contribution in [0.1, 0.15) is 70.8 Å². The largest absolute Gasteiger partial charge is 0.465 e. The highest BCUT2D eigenvalue weighted by atomic mass is 16.5. The highest BCUT2D eigenvalue weighted by molar-refractivity contribution is 5.70. The molecule has 146 valence electrons. The number of carbonyl (C=O) groups is 2. The molecule has 26 heavy (non-hydrogen) atoms. The summed E-state index contributed by atoms with van der Waals surface area (Å²) in [5.74, 6) is 0.121. The van der Waals surface area contributed by atoms with Crippen LogP contribution in [-0.4, -0.2) is 25.2 Å². The molecule has 0 radical (unpaired) electrons. The Morgan fingerprint density at radius 1 is 0.923 bits per heavy atom. The second-order valence-corrected chi connectivity index (χ2v) is 6.76. The number of unbranched alkanes of at least 4 members (excludes halogenated alkanes) is 2. The zero-order valence-electron chi connectivity index (χ0n) is 16.4. The normalized spacial score (nSPS) is 11.8. The summed E-state index contributed by atoms with van der Waals surface area (Å²) in [7, 11) is 0. The van der Waals surface area contributed by atoms with Gasteiger partial charge in [-0.25, -0.2) is 0 Å². The number of hydrogen-bond donors (Lipinski definition) is 0. The maximum atomic E-state index is 11.8. The highest BCUT2D eigenvalue weighted by Gasteiger charge is 2.10. The Kier molecular flexibility index (Phi) is 12.2. The number of hydrogen-bond acceptors (Lipinski definition) is 4. The van der Waals surface area contributed by atoms with Crippen molar-refractivity contribution >= 4 is 11.9 Å². The molecule has 1 atom stereocenters. The summed E-state index contributed by atoms with van der Waals surface area (Å²) in [4.78, 5) is 23.5. The predicted octanol–water partition coefficient (Wildman–Crippen LogP) is 5.09. The molecule has 1 unspecified atom stereocenters. The first-order valence-corrected chi connectivity index (χ1v) is 10.0. The number of rotatable bonds is 14. The molecule has 1 rings (SSSR count). The van der Waals surface area contributed by atoms with Gasteiger partial charge in [-0.3, -0.25) is 9.59 Å². The van der Waals surface area contributed by atoms with E-state index < -0.39 is 0 Å². The number of benzene rings is 1. The molecule has 0 aliphatic carbocycles. The van der Waals surface area contributed by atoms with Crippen LogP contribution in [0.3, 0.4) is 0 Å². The molecule has 1 aromatic rings. The van der Waals surface area contributed by atoms with Crippen molar-refractivity contribution in [2.45, 2.75) is 71.6 Å². The van der Waals surface area contributed by atoms with Gasteiger partial charge in [-0.1, -0.05) is 63.4 Å². The third kappa shape index (κ3) is 10.9. The van der Waals surface area contributed by atoms with Gasteiger partial charge in [0, 0.05) is 19.3 Å². The van der Waals surface area contributed by atoms with E-state index in [9.17, 15) is 9.59 Å². The van der Waals surface area contributed by atoms with Crippen LogP contribution in [0.4, 0.5) is 0 Å². The Bertz CT molecular complexity index is 498. The van der Waals surface area contributed by atoms with Crippen molar-refractivity contribution in [3.8, 4) is 0 Å². The van der Waals surface area contributed by atoms with Crippen molar-refractivity contribution < 1.29 is 19.1 Å². The lowest BCUT2D eigenvalue weighted by molar-refractivity contribution is -0.146. The zero-order valence-corrected chi connectivity index (χ0v) is 16.4. The second-order valence-electron chi connectivity index (χ2n) is 6.76. The van der Waals surface area contributed by atoms with Gasteiger partial charge in [-0.2, -0.15) is 0 Å². The molecule has 1 aromatic carbocycles. The van der Waals surface area contributed by atoms with Crippen molar-refractivity contribution in [2.24, 2.45) is 5.92 Å². The summed E-state index contributed by atoms with van der Waals surface area (Å²) in [5, 5.41) is 0. The van der Waals surface area contributed by atoms with E-state index in [1.807, 2.05) is 30.3 Å². The lowest BCUT2D eigenvalue weighted by Gasteiger charge is -2.14. The molecule has 0 saturated heterocycles. The standard InChI is InChI=1S/C22H34O4/c1-3-5-11-19(4-2)18-26-22(24)15-10-9-14-21(23)25-17-16-20-12-7-6-8-13-20/h6-8,12-13,19H,3-5,9-11,14-18H2,1-2H3. The van der Waals surface area contributed by atoms with Gasteiger partial charge in [0.15, 0.2) is 0 Å². The van der Waals surface area contributed by atoms with E-state index in [-0.39, 0.29) is 11.9 Å². The molecular formula is C22H34O4. The number of ether oxygens (including phenoxy) is 2. The Morgan fingerprint density at radius 2 is 1.58 bits per heavy atom.